The zero-order chi connectivity index (χ0) is 12.0. The smallest absolute Gasteiger partial charge is 0.497 e. The molecule has 0 aliphatic heterocycles. The lowest BCUT2D eigenvalue weighted by molar-refractivity contribution is 0.0522. The van der Waals surface area contributed by atoms with Gasteiger partial charge in [-0.1, -0.05) is 18.7 Å². The molecule has 0 aliphatic carbocycles. The number of benzene rings is 1. The average molecular weight is 222 g/mol. The lowest BCUT2D eigenvalue weighted by Gasteiger charge is -2.13. The molecule has 4 nitrogen and oxygen atoms in total. The summed E-state index contributed by atoms with van der Waals surface area (Å²) in [7, 11) is 2.83. The molecular weight excluding hydrogens is 208 g/mol. The molecule has 0 saturated heterocycles. The van der Waals surface area contributed by atoms with Gasteiger partial charge >= 0.3 is 6.16 Å². The van der Waals surface area contributed by atoms with Crippen molar-refractivity contribution in [2.45, 2.75) is 6.10 Å². The number of hydrogen-bond acceptors (Lipinski definition) is 4. The van der Waals surface area contributed by atoms with Gasteiger partial charge < -0.3 is 14.2 Å². The first-order chi connectivity index (χ1) is 7.71. The highest BCUT2D eigenvalue weighted by atomic mass is 16.7. The van der Waals surface area contributed by atoms with Crippen LogP contribution in [0.3, 0.4) is 0 Å². The van der Waals surface area contributed by atoms with Gasteiger partial charge in [-0.2, -0.15) is 0 Å². The fourth-order valence-electron chi connectivity index (χ4n) is 1.22. The van der Waals surface area contributed by atoms with E-state index >= 15 is 0 Å². The molecule has 0 bridgehead atoms. The lowest BCUT2D eigenvalue weighted by atomic mass is 10.1. The number of carbonyl (C=O) groups excluding carboxylic acids is 1. The second-order valence-electron chi connectivity index (χ2n) is 3.00. The maximum absolute atomic E-state index is 11.0. The number of carbonyl (C=O) groups is 1. The van der Waals surface area contributed by atoms with Crippen LogP contribution in [0.2, 0.25) is 0 Å². The van der Waals surface area contributed by atoms with Crippen molar-refractivity contribution < 1.29 is 19.0 Å². The van der Waals surface area contributed by atoms with Crippen LogP contribution in [0.5, 0.6) is 5.75 Å². The van der Waals surface area contributed by atoms with E-state index in [1.165, 1.54) is 13.2 Å². The average Bonchev–Trinajstić information content (AvgIpc) is 2.35. The molecule has 1 rings (SSSR count). The largest absolute Gasteiger partial charge is 0.508 e. The van der Waals surface area contributed by atoms with Crippen molar-refractivity contribution in [2.75, 3.05) is 14.2 Å². The minimum atomic E-state index is -0.743. The highest BCUT2D eigenvalue weighted by Gasteiger charge is 2.13. The van der Waals surface area contributed by atoms with Crippen LogP contribution < -0.4 is 4.74 Å². The summed E-state index contributed by atoms with van der Waals surface area (Å²) in [6, 6.07) is 7.21. The summed E-state index contributed by atoms with van der Waals surface area (Å²) < 4.78 is 14.5. The summed E-state index contributed by atoms with van der Waals surface area (Å²) in [5.74, 6) is 0.692. The molecule has 1 aromatic rings. The van der Waals surface area contributed by atoms with Crippen LogP contribution in [0.1, 0.15) is 11.7 Å². The van der Waals surface area contributed by atoms with E-state index in [2.05, 4.69) is 11.3 Å². The van der Waals surface area contributed by atoms with Gasteiger partial charge in [0.15, 0.2) is 0 Å². The maximum atomic E-state index is 11.0. The SMILES string of the molecule is C=C[C@@H](OC(=O)OC)c1cccc(OC)c1. The second-order valence-corrected chi connectivity index (χ2v) is 3.00. The molecular formula is C12H14O4. The normalized spacial score (nSPS) is 11.4. The molecule has 86 valence electrons. The molecule has 16 heavy (non-hydrogen) atoms. The Morgan fingerprint density at radius 2 is 2.19 bits per heavy atom. The van der Waals surface area contributed by atoms with Gasteiger partial charge in [-0.05, 0) is 18.2 Å². The number of methoxy groups -OCH3 is 2. The standard InChI is InChI=1S/C12H14O4/c1-4-11(16-12(13)15-3)9-6-5-7-10(8-9)14-2/h4-8,11H,1H2,2-3H3/t11-/m1/s1. The summed E-state index contributed by atoms with van der Waals surface area (Å²) in [5.41, 5.74) is 0.778. The van der Waals surface area contributed by atoms with Gasteiger partial charge in [0.25, 0.3) is 0 Å². The quantitative estimate of drug-likeness (QED) is 0.580. The van der Waals surface area contributed by atoms with Crippen LogP contribution in [0, 0.1) is 0 Å². The van der Waals surface area contributed by atoms with E-state index < -0.39 is 12.3 Å². The summed E-state index contributed by atoms with van der Waals surface area (Å²) in [6.07, 6.45) is 0.237. The zero-order valence-corrected chi connectivity index (χ0v) is 9.30. The lowest BCUT2D eigenvalue weighted by Crippen LogP contribution is -2.09. The van der Waals surface area contributed by atoms with Crippen LogP contribution in [-0.2, 0) is 9.47 Å². The minimum Gasteiger partial charge on any atom is -0.497 e. The van der Waals surface area contributed by atoms with Crippen LogP contribution in [0.25, 0.3) is 0 Å². The third-order valence-corrected chi connectivity index (χ3v) is 2.03. The van der Waals surface area contributed by atoms with Crippen molar-refractivity contribution in [3.05, 3.63) is 42.5 Å². The molecule has 4 heteroatoms. The number of rotatable bonds is 4. The molecule has 0 aliphatic rings. The summed E-state index contributed by atoms with van der Waals surface area (Å²) >= 11 is 0. The van der Waals surface area contributed by atoms with Crippen LogP contribution >= 0.6 is 0 Å². The highest BCUT2D eigenvalue weighted by molar-refractivity contribution is 5.60. The van der Waals surface area contributed by atoms with Gasteiger partial charge in [0, 0.05) is 5.56 Å². The van der Waals surface area contributed by atoms with Gasteiger partial charge in [0.2, 0.25) is 0 Å². The summed E-state index contributed by atoms with van der Waals surface area (Å²) in [6.45, 7) is 3.61. The topological polar surface area (TPSA) is 44.8 Å². The van der Waals surface area contributed by atoms with Crippen molar-refractivity contribution in [3.8, 4) is 5.75 Å². The molecule has 0 fully saturated rings. The van der Waals surface area contributed by atoms with E-state index in [9.17, 15) is 4.79 Å². The van der Waals surface area contributed by atoms with Crippen molar-refractivity contribution >= 4 is 6.16 Å². The fourth-order valence-corrected chi connectivity index (χ4v) is 1.22. The van der Waals surface area contributed by atoms with Crippen molar-refractivity contribution in [3.63, 3.8) is 0 Å². The van der Waals surface area contributed by atoms with Crippen molar-refractivity contribution in [1.29, 1.82) is 0 Å². The molecule has 0 heterocycles. The Hall–Kier alpha value is -1.97. The molecule has 0 aromatic heterocycles. The molecule has 0 spiro atoms. The maximum Gasteiger partial charge on any atom is 0.508 e. The predicted octanol–water partition coefficient (Wildman–Crippen LogP) is 2.71. The molecule has 0 saturated carbocycles. The Morgan fingerprint density at radius 3 is 2.75 bits per heavy atom. The van der Waals surface area contributed by atoms with E-state index in [4.69, 9.17) is 9.47 Å². The minimum absolute atomic E-state index is 0.539. The fraction of sp³-hybridized carbons (Fsp3) is 0.250. The third-order valence-electron chi connectivity index (χ3n) is 2.03. The van der Waals surface area contributed by atoms with Crippen LogP contribution in [0.15, 0.2) is 36.9 Å². The van der Waals surface area contributed by atoms with Crippen LogP contribution in [0.4, 0.5) is 4.79 Å². The van der Waals surface area contributed by atoms with Gasteiger partial charge in [0.05, 0.1) is 14.2 Å². The van der Waals surface area contributed by atoms with Crippen molar-refractivity contribution in [1.82, 2.24) is 0 Å². The van der Waals surface area contributed by atoms with Gasteiger partial charge in [-0.25, -0.2) is 4.79 Å². The Bertz CT molecular complexity index is 373. The van der Waals surface area contributed by atoms with E-state index in [1.807, 2.05) is 18.2 Å². The molecule has 0 amide bonds. The Kier molecular flexibility index (Phi) is 4.39. The first-order valence-corrected chi connectivity index (χ1v) is 4.72. The van der Waals surface area contributed by atoms with E-state index in [0.29, 0.717) is 5.75 Å². The highest BCUT2D eigenvalue weighted by Crippen LogP contribution is 2.23. The monoisotopic (exact) mass is 222 g/mol. The first-order valence-electron chi connectivity index (χ1n) is 4.72. The van der Waals surface area contributed by atoms with E-state index in [0.717, 1.165) is 5.56 Å². The second kappa shape index (κ2) is 5.80. The molecule has 0 N–H and O–H groups in total. The molecule has 1 atom stereocenters. The first kappa shape index (κ1) is 12.1. The molecule has 0 radical (unpaired) electrons. The van der Waals surface area contributed by atoms with Crippen LogP contribution in [-0.4, -0.2) is 20.4 Å². The summed E-state index contributed by atoms with van der Waals surface area (Å²) in [4.78, 5) is 11.0. The van der Waals surface area contributed by atoms with E-state index in [1.54, 1.807) is 13.2 Å². The predicted molar refractivity (Wildman–Crippen MR) is 59.4 cm³/mol. The van der Waals surface area contributed by atoms with Gasteiger partial charge in [-0.3, -0.25) is 0 Å². The molecule has 1 aromatic carbocycles. The van der Waals surface area contributed by atoms with Gasteiger partial charge in [-0.15, -0.1) is 0 Å². The molecule has 0 unspecified atom stereocenters. The Balaban J connectivity index is 2.85. The Labute approximate surface area is 94.4 Å². The number of hydrogen-bond donors (Lipinski definition) is 0. The number of ether oxygens (including phenoxy) is 3. The van der Waals surface area contributed by atoms with Gasteiger partial charge in [0.1, 0.15) is 11.9 Å². The van der Waals surface area contributed by atoms with E-state index in [-0.39, 0.29) is 0 Å². The third kappa shape index (κ3) is 3.02. The zero-order valence-electron chi connectivity index (χ0n) is 9.30. The Morgan fingerprint density at radius 1 is 1.44 bits per heavy atom. The summed E-state index contributed by atoms with van der Waals surface area (Å²) in [5, 5.41) is 0. The van der Waals surface area contributed by atoms with Crippen molar-refractivity contribution in [2.24, 2.45) is 0 Å².